The molecule has 0 amide bonds. The fraction of sp³-hybridized carbons (Fsp3) is 0.333. The minimum absolute atomic E-state index is 0.247. The highest BCUT2D eigenvalue weighted by Gasteiger charge is 1.97. The van der Waals surface area contributed by atoms with Crippen molar-refractivity contribution in [1.29, 1.82) is 0 Å². The van der Waals surface area contributed by atoms with Crippen LogP contribution in [0.3, 0.4) is 0 Å². The second-order valence-electron chi connectivity index (χ2n) is 1.94. The zero-order chi connectivity index (χ0) is 9.56. The Labute approximate surface area is 80.9 Å². The quantitative estimate of drug-likeness (QED) is 0.793. The van der Waals surface area contributed by atoms with Gasteiger partial charge in [0.15, 0.2) is 0 Å². The molecule has 1 aromatic carbocycles. The Balaban J connectivity index is 0.000000561. The highest BCUT2D eigenvalue weighted by Crippen LogP contribution is 2.16. The Morgan fingerprint density at radius 1 is 1.42 bits per heavy atom. The molecule has 0 fully saturated rings. The van der Waals surface area contributed by atoms with Crippen LogP contribution in [0.2, 0.25) is 0 Å². The molecule has 1 nitrogen and oxygen atoms in total. The minimum atomic E-state index is -0.247. The van der Waals surface area contributed by atoms with E-state index in [0.717, 1.165) is 10.0 Å². The van der Waals surface area contributed by atoms with Gasteiger partial charge in [-0.25, -0.2) is 4.39 Å². The van der Waals surface area contributed by atoms with E-state index in [1.54, 1.807) is 6.07 Å². The van der Waals surface area contributed by atoms with Gasteiger partial charge < -0.3 is 5.73 Å². The molecule has 0 aliphatic rings. The van der Waals surface area contributed by atoms with Crippen LogP contribution in [0.25, 0.3) is 0 Å². The SMILES string of the molecule is CC.NCc1cc(F)ccc1Br. The third kappa shape index (κ3) is 3.32. The van der Waals surface area contributed by atoms with E-state index in [4.69, 9.17) is 5.73 Å². The van der Waals surface area contributed by atoms with Crippen LogP contribution in [0.5, 0.6) is 0 Å². The number of hydrogen-bond donors (Lipinski definition) is 1. The zero-order valence-electron chi connectivity index (χ0n) is 7.27. The van der Waals surface area contributed by atoms with E-state index in [9.17, 15) is 4.39 Å². The molecular formula is C9H13BrFN. The van der Waals surface area contributed by atoms with Crippen molar-refractivity contribution in [1.82, 2.24) is 0 Å². The molecule has 1 aromatic rings. The molecule has 12 heavy (non-hydrogen) atoms. The van der Waals surface area contributed by atoms with E-state index in [-0.39, 0.29) is 5.82 Å². The van der Waals surface area contributed by atoms with E-state index in [2.05, 4.69) is 15.9 Å². The average molecular weight is 234 g/mol. The maximum absolute atomic E-state index is 12.5. The van der Waals surface area contributed by atoms with Crippen LogP contribution in [0, 0.1) is 5.82 Å². The third-order valence-corrected chi connectivity index (χ3v) is 2.00. The predicted molar refractivity (Wildman–Crippen MR) is 53.3 cm³/mol. The first-order valence-corrected chi connectivity index (χ1v) is 4.67. The van der Waals surface area contributed by atoms with Crippen LogP contribution in [0.1, 0.15) is 19.4 Å². The maximum atomic E-state index is 12.5. The van der Waals surface area contributed by atoms with Gasteiger partial charge >= 0.3 is 0 Å². The first-order chi connectivity index (χ1) is 5.74. The van der Waals surface area contributed by atoms with Crippen molar-refractivity contribution in [2.75, 3.05) is 0 Å². The van der Waals surface area contributed by atoms with Gasteiger partial charge in [0.2, 0.25) is 0 Å². The van der Waals surface area contributed by atoms with Gasteiger partial charge in [-0.05, 0) is 23.8 Å². The molecule has 0 atom stereocenters. The summed E-state index contributed by atoms with van der Waals surface area (Å²) in [5, 5.41) is 0. The monoisotopic (exact) mass is 233 g/mol. The van der Waals surface area contributed by atoms with Gasteiger partial charge in [-0.2, -0.15) is 0 Å². The van der Waals surface area contributed by atoms with E-state index in [1.165, 1.54) is 12.1 Å². The van der Waals surface area contributed by atoms with E-state index in [0.29, 0.717) is 6.54 Å². The summed E-state index contributed by atoms with van der Waals surface area (Å²) >= 11 is 3.24. The maximum Gasteiger partial charge on any atom is 0.123 e. The van der Waals surface area contributed by atoms with Crippen LogP contribution in [0.15, 0.2) is 22.7 Å². The lowest BCUT2D eigenvalue weighted by Crippen LogP contribution is -1.97. The second kappa shape index (κ2) is 6.14. The van der Waals surface area contributed by atoms with Crippen molar-refractivity contribution in [2.24, 2.45) is 5.73 Å². The van der Waals surface area contributed by atoms with Crippen LogP contribution < -0.4 is 5.73 Å². The summed E-state index contributed by atoms with van der Waals surface area (Å²) in [6.07, 6.45) is 0. The lowest BCUT2D eigenvalue weighted by atomic mass is 10.2. The zero-order valence-corrected chi connectivity index (χ0v) is 8.86. The number of hydrogen-bond acceptors (Lipinski definition) is 1. The number of benzene rings is 1. The van der Waals surface area contributed by atoms with Crippen molar-refractivity contribution in [2.45, 2.75) is 20.4 Å². The van der Waals surface area contributed by atoms with Crippen molar-refractivity contribution < 1.29 is 4.39 Å². The van der Waals surface area contributed by atoms with Gasteiger partial charge in [-0.15, -0.1) is 0 Å². The summed E-state index contributed by atoms with van der Waals surface area (Å²) in [7, 11) is 0. The molecule has 0 unspecified atom stereocenters. The molecule has 0 spiro atoms. The fourth-order valence-electron chi connectivity index (χ4n) is 0.700. The first kappa shape index (κ1) is 11.6. The molecule has 2 N–H and O–H groups in total. The molecule has 0 saturated heterocycles. The molecule has 0 radical (unpaired) electrons. The van der Waals surface area contributed by atoms with Crippen molar-refractivity contribution in [3.05, 3.63) is 34.1 Å². The normalized spacial score (nSPS) is 8.75. The molecule has 0 bridgehead atoms. The standard InChI is InChI=1S/C7H7BrFN.C2H6/c8-7-2-1-6(9)3-5(7)4-10;1-2/h1-3H,4,10H2;1-2H3. The topological polar surface area (TPSA) is 26.0 Å². The predicted octanol–water partition coefficient (Wildman–Crippen LogP) is 3.07. The van der Waals surface area contributed by atoms with E-state index >= 15 is 0 Å². The first-order valence-electron chi connectivity index (χ1n) is 3.88. The summed E-state index contributed by atoms with van der Waals surface area (Å²) < 4.78 is 13.3. The van der Waals surface area contributed by atoms with E-state index in [1.807, 2.05) is 13.8 Å². The smallest absolute Gasteiger partial charge is 0.123 e. The summed E-state index contributed by atoms with van der Waals surface area (Å²) in [5.41, 5.74) is 6.11. The summed E-state index contributed by atoms with van der Waals surface area (Å²) in [5.74, 6) is -0.247. The second-order valence-corrected chi connectivity index (χ2v) is 2.79. The average Bonchev–Trinajstić information content (AvgIpc) is 2.13. The molecule has 0 aromatic heterocycles. The van der Waals surface area contributed by atoms with Crippen molar-refractivity contribution in [3.63, 3.8) is 0 Å². The van der Waals surface area contributed by atoms with Crippen LogP contribution >= 0.6 is 15.9 Å². The highest BCUT2D eigenvalue weighted by molar-refractivity contribution is 9.10. The molecule has 0 saturated carbocycles. The largest absolute Gasteiger partial charge is 0.326 e. The number of halogens is 2. The number of rotatable bonds is 1. The summed E-state index contributed by atoms with van der Waals surface area (Å²) in [6, 6.07) is 4.46. The molecular weight excluding hydrogens is 221 g/mol. The molecule has 0 aliphatic carbocycles. The van der Waals surface area contributed by atoms with Gasteiger partial charge in [0.1, 0.15) is 5.82 Å². The minimum Gasteiger partial charge on any atom is -0.326 e. The Bertz CT molecular complexity index is 238. The van der Waals surface area contributed by atoms with Gasteiger partial charge in [-0.1, -0.05) is 29.8 Å². The highest BCUT2D eigenvalue weighted by atomic mass is 79.9. The molecule has 1 rings (SSSR count). The van der Waals surface area contributed by atoms with Crippen LogP contribution in [-0.4, -0.2) is 0 Å². The van der Waals surface area contributed by atoms with E-state index < -0.39 is 0 Å². The van der Waals surface area contributed by atoms with Gasteiger partial charge in [0.25, 0.3) is 0 Å². The Morgan fingerprint density at radius 2 is 2.00 bits per heavy atom. The number of nitrogens with two attached hydrogens (primary N) is 1. The van der Waals surface area contributed by atoms with Crippen molar-refractivity contribution in [3.8, 4) is 0 Å². The van der Waals surface area contributed by atoms with Crippen molar-refractivity contribution >= 4 is 15.9 Å². The van der Waals surface area contributed by atoms with Crippen LogP contribution in [-0.2, 0) is 6.54 Å². The van der Waals surface area contributed by atoms with Crippen LogP contribution in [0.4, 0.5) is 4.39 Å². The molecule has 68 valence electrons. The van der Waals surface area contributed by atoms with Gasteiger partial charge in [0, 0.05) is 11.0 Å². The van der Waals surface area contributed by atoms with Gasteiger partial charge in [-0.3, -0.25) is 0 Å². The Morgan fingerprint density at radius 3 is 2.42 bits per heavy atom. The third-order valence-electron chi connectivity index (χ3n) is 1.23. The lowest BCUT2D eigenvalue weighted by Gasteiger charge is -1.98. The summed E-state index contributed by atoms with van der Waals surface area (Å²) in [6.45, 7) is 4.36. The summed E-state index contributed by atoms with van der Waals surface area (Å²) in [4.78, 5) is 0. The molecule has 0 aliphatic heterocycles. The Kier molecular flexibility index (Phi) is 5.93. The fourth-order valence-corrected chi connectivity index (χ4v) is 1.11. The molecule has 3 heteroatoms. The molecule has 0 heterocycles. The lowest BCUT2D eigenvalue weighted by molar-refractivity contribution is 0.625. The Hall–Kier alpha value is -0.410. The van der Waals surface area contributed by atoms with Gasteiger partial charge in [0.05, 0.1) is 0 Å².